The zero-order valence-electron chi connectivity index (χ0n) is 18.1. The minimum Gasteiger partial charge on any atom is -0.494 e. The van der Waals surface area contributed by atoms with E-state index in [1.165, 1.54) is 42.5 Å². The van der Waals surface area contributed by atoms with Crippen molar-refractivity contribution in [3.63, 3.8) is 0 Å². The molecule has 0 heterocycles. The number of benzene rings is 3. The number of esters is 1. The Morgan fingerprint density at radius 2 is 1.68 bits per heavy atom. The Bertz CT molecular complexity index is 1310. The van der Waals surface area contributed by atoms with Gasteiger partial charge >= 0.3 is 5.97 Å². The smallest absolute Gasteiger partial charge is 0.338 e. The van der Waals surface area contributed by atoms with Gasteiger partial charge in [0.15, 0.2) is 6.61 Å². The zero-order chi connectivity index (χ0) is 24.6. The highest BCUT2D eigenvalue weighted by Crippen LogP contribution is 2.20. The highest BCUT2D eigenvalue weighted by molar-refractivity contribution is 7.92. The molecule has 3 aromatic carbocycles. The number of anilines is 2. The molecule has 0 fully saturated rings. The standard InChI is InChI=1S/C24H21N3O6S/c1-2-32-21-10-12-22(13-11-21)34(30,31)27-19-8-6-18(7-9-19)24(29)33-16-23(28)26-20-5-3-4-17(14-20)15-25/h3-14,27H,2,16H2,1H3,(H,26,28). The molecular formula is C24H21N3O6S. The molecule has 0 aliphatic rings. The average molecular weight is 480 g/mol. The van der Waals surface area contributed by atoms with Crippen LogP contribution in [-0.2, 0) is 19.6 Å². The fourth-order valence-electron chi connectivity index (χ4n) is 2.85. The van der Waals surface area contributed by atoms with Gasteiger partial charge in [-0.3, -0.25) is 9.52 Å². The fourth-order valence-corrected chi connectivity index (χ4v) is 3.91. The molecule has 0 radical (unpaired) electrons. The number of amides is 1. The van der Waals surface area contributed by atoms with Gasteiger partial charge in [0.25, 0.3) is 15.9 Å². The minimum atomic E-state index is -3.83. The van der Waals surface area contributed by atoms with Gasteiger partial charge in [-0.2, -0.15) is 5.26 Å². The first-order chi connectivity index (χ1) is 16.3. The molecule has 34 heavy (non-hydrogen) atoms. The lowest BCUT2D eigenvalue weighted by molar-refractivity contribution is -0.119. The molecule has 10 heteroatoms. The number of ether oxygens (including phenoxy) is 2. The highest BCUT2D eigenvalue weighted by atomic mass is 32.2. The Hall–Kier alpha value is -4.36. The van der Waals surface area contributed by atoms with Gasteiger partial charge in [-0.15, -0.1) is 0 Å². The van der Waals surface area contributed by atoms with Crippen molar-refractivity contribution in [1.29, 1.82) is 5.26 Å². The monoisotopic (exact) mass is 479 g/mol. The molecule has 0 atom stereocenters. The number of carbonyl (C=O) groups is 2. The topological polar surface area (TPSA) is 135 Å². The Morgan fingerprint density at radius 3 is 2.32 bits per heavy atom. The van der Waals surface area contributed by atoms with E-state index in [-0.39, 0.29) is 16.1 Å². The second-order valence-electron chi connectivity index (χ2n) is 6.90. The van der Waals surface area contributed by atoms with E-state index in [2.05, 4.69) is 10.0 Å². The first kappa shape index (κ1) is 24.3. The molecular weight excluding hydrogens is 458 g/mol. The van der Waals surface area contributed by atoms with Gasteiger partial charge in [0.05, 0.1) is 28.7 Å². The first-order valence-corrected chi connectivity index (χ1v) is 11.6. The Morgan fingerprint density at radius 1 is 0.971 bits per heavy atom. The van der Waals surface area contributed by atoms with Gasteiger partial charge in [0.2, 0.25) is 0 Å². The maximum atomic E-state index is 12.6. The van der Waals surface area contributed by atoms with Crippen LogP contribution in [-0.4, -0.2) is 33.5 Å². The van der Waals surface area contributed by atoms with Crippen LogP contribution in [0, 0.1) is 11.3 Å². The van der Waals surface area contributed by atoms with E-state index in [4.69, 9.17) is 14.7 Å². The van der Waals surface area contributed by atoms with Gasteiger partial charge in [-0.05, 0) is 73.7 Å². The van der Waals surface area contributed by atoms with Crippen molar-refractivity contribution in [3.8, 4) is 11.8 Å². The predicted molar refractivity (Wildman–Crippen MR) is 125 cm³/mol. The van der Waals surface area contributed by atoms with Crippen molar-refractivity contribution in [2.75, 3.05) is 23.3 Å². The summed E-state index contributed by atoms with van der Waals surface area (Å²) in [6.45, 7) is 1.78. The Balaban J connectivity index is 1.55. The zero-order valence-corrected chi connectivity index (χ0v) is 19.0. The summed E-state index contributed by atoms with van der Waals surface area (Å²) in [7, 11) is -3.83. The van der Waals surface area contributed by atoms with Gasteiger partial charge in [-0.25, -0.2) is 13.2 Å². The molecule has 0 bridgehead atoms. The van der Waals surface area contributed by atoms with Crippen LogP contribution in [0.3, 0.4) is 0 Å². The normalized spacial score (nSPS) is 10.6. The SMILES string of the molecule is CCOc1ccc(S(=O)(=O)Nc2ccc(C(=O)OCC(=O)Nc3cccc(C#N)c3)cc2)cc1. The van der Waals surface area contributed by atoms with E-state index < -0.39 is 28.5 Å². The summed E-state index contributed by atoms with van der Waals surface area (Å²) in [4.78, 5) is 24.3. The van der Waals surface area contributed by atoms with E-state index in [9.17, 15) is 18.0 Å². The summed E-state index contributed by atoms with van der Waals surface area (Å²) in [5.74, 6) is -0.751. The summed E-state index contributed by atoms with van der Waals surface area (Å²) in [5, 5.41) is 11.4. The number of carbonyl (C=O) groups excluding carboxylic acids is 2. The second kappa shape index (κ2) is 11.0. The van der Waals surface area contributed by atoms with Crippen LogP contribution in [0.2, 0.25) is 0 Å². The number of sulfonamides is 1. The second-order valence-corrected chi connectivity index (χ2v) is 8.59. The number of hydrogen-bond donors (Lipinski definition) is 2. The molecule has 0 saturated carbocycles. The molecule has 0 aliphatic carbocycles. The third-order valence-electron chi connectivity index (χ3n) is 4.43. The molecule has 3 rings (SSSR count). The predicted octanol–water partition coefficient (Wildman–Crippen LogP) is 3.55. The number of nitrogens with zero attached hydrogens (tertiary/aromatic N) is 1. The lowest BCUT2D eigenvalue weighted by Crippen LogP contribution is -2.21. The van der Waals surface area contributed by atoms with Crippen LogP contribution in [0.15, 0.2) is 77.7 Å². The van der Waals surface area contributed by atoms with Crippen molar-refractivity contribution in [2.45, 2.75) is 11.8 Å². The Kier molecular flexibility index (Phi) is 7.84. The third kappa shape index (κ3) is 6.57. The highest BCUT2D eigenvalue weighted by Gasteiger charge is 2.15. The molecule has 2 N–H and O–H groups in total. The Labute approximate surface area is 197 Å². The summed E-state index contributed by atoms with van der Waals surface area (Å²) in [5.41, 5.74) is 1.18. The molecule has 0 aliphatic heterocycles. The van der Waals surface area contributed by atoms with Crippen LogP contribution in [0.4, 0.5) is 11.4 Å². The van der Waals surface area contributed by atoms with Crippen LogP contribution < -0.4 is 14.8 Å². The summed E-state index contributed by atoms with van der Waals surface area (Å²) in [6, 6.07) is 19.8. The maximum Gasteiger partial charge on any atom is 0.338 e. The molecule has 0 aromatic heterocycles. The van der Waals surface area contributed by atoms with E-state index in [1.807, 2.05) is 13.0 Å². The largest absolute Gasteiger partial charge is 0.494 e. The fraction of sp³-hybridized carbons (Fsp3) is 0.125. The minimum absolute atomic E-state index is 0.0609. The van der Waals surface area contributed by atoms with Gasteiger partial charge in [0, 0.05) is 11.4 Å². The molecule has 0 unspecified atom stereocenters. The van der Waals surface area contributed by atoms with Crippen molar-refractivity contribution < 1.29 is 27.5 Å². The lowest BCUT2D eigenvalue weighted by Gasteiger charge is -2.10. The van der Waals surface area contributed by atoms with E-state index in [0.717, 1.165) is 0 Å². The number of rotatable bonds is 9. The molecule has 174 valence electrons. The van der Waals surface area contributed by atoms with E-state index in [0.29, 0.717) is 23.6 Å². The quantitative estimate of drug-likeness (QED) is 0.448. The van der Waals surface area contributed by atoms with E-state index in [1.54, 1.807) is 30.3 Å². The summed E-state index contributed by atoms with van der Waals surface area (Å²) >= 11 is 0. The maximum absolute atomic E-state index is 12.6. The van der Waals surface area contributed by atoms with Crippen molar-refractivity contribution in [1.82, 2.24) is 0 Å². The third-order valence-corrected chi connectivity index (χ3v) is 5.82. The van der Waals surface area contributed by atoms with Crippen LogP contribution in [0.1, 0.15) is 22.8 Å². The summed E-state index contributed by atoms with van der Waals surface area (Å²) in [6.07, 6.45) is 0. The molecule has 9 nitrogen and oxygen atoms in total. The molecule has 0 spiro atoms. The first-order valence-electron chi connectivity index (χ1n) is 10.1. The van der Waals surface area contributed by atoms with Crippen LogP contribution >= 0.6 is 0 Å². The molecule has 1 amide bonds. The van der Waals surface area contributed by atoms with Crippen molar-refractivity contribution >= 4 is 33.3 Å². The van der Waals surface area contributed by atoms with E-state index >= 15 is 0 Å². The van der Waals surface area contributed by atoms with Crippen LogP contribution in [0.25, 0.3) is 0 Å². The number of nitriles is 1. The van der Waals surface area contributed by atoms with Gasteiger partial charge in [0.1, 0.15) is 5.75 Å². The van der Waals surface area contributed by atoms with Crippen molar-refractivity contribution in [3.05, 3.63) is 83.9 Å². The van der Waals surface area contributed by atoms with Gasteiger partial charge < -0.3 is 14.8 Å². The van der Waals surface area contributed by atoms with Gasteiger partial charge in [-0.1, -0.05) is 6.07 Å². The lowest BCUT2D eigenvalue weighted by atomic mass is 10.2. The molecule has 3 aromatic rings. The van der Waals surface area contributed by atoms with Crippen molar-refractivity contribution in [2.24, 2.45) is 0 Å². The van der Waals surface area contributed by atoms with Crippen LogP contribution in [0.5, 0.6) is 5.75 Å². The molecule has 0 saturated heterocycles. The number of hydrogen-bond acceptors (Lipinski definition) is 7. The average Bonchev–Trinajstić information content (AvgIpc) is 2.83. The number of nitrogens with one attached hydrogen (secondary N) is 2. The summed E-state index contributed by atoms with van der Waals surface area (Å²) < 4.78 is 37.8.